The molecule has 0 radical (unpaired) electrons. The van der Waals surface area contributed by atoms with Gasteiger partial charge in [0, 0.05) is 24.5 Å². The lowest BCUT2D eigenvalue weighted by molar-refractivity contribution is -0.133. The van der Waals surface area contributed by atoms with E-state index in [1.54, 1.807) is 6.20 Å². The zero-order valence-electron chi connectivity index (χ0n) is 9.20. The van der Waals surface area contributed by atoms with Crippen LogP contribution in [0.1, 0.15) is 5.01 Å². The van der Waals surface area contributed by atoms with E-state index in [4.69, 9.17) is 5.11 Å². The lowest BCUT2D eigenvalue weighted by atomic mass is 10.4. The van der Waals surface area contributed by atoms with Crippen molar-refractivity contribution in [1.82, 2.24) is 19.7 Å². The maximum absolute atomic E-state index is 11.5. The van der Waals surface area contributed by atoms with Crippen LogP contribution in [-0.2, 0) is 17.8 Å². The van der Waals surface area contributed by atoms with Crippen LogP contribution in [0, 0.1) is 0 Å². The number of hydrogen-bond acceptors (Lipinski definition) is 6. The van der Waals surface area contributed by atoms with E-state index >= 15 is 0 Å². The lowest BCUT2D eigenvalue weighted by Crippen LogP contribution is -2.19. The molecule has 0 atom stereocenters. The van der Waals surface area contributed by atoms with Gasteiger partial charge in [0.05, 0.1) is 10.8 Å². The van der Waals surface area contributed by atoms with Crippen LogP contribution in [0.3, 0.4) is 0 Å². The average Bonchev–Trinajstić information content (AvgIpc) is 2.94. The molecule has 0 aliphatic carbocycles. The summed E-state index contributed by atoms with van der Waals surface area (Å²) in [5, 5.41) is 17.9. The van der Waals surface area contributed by atoms with Crippen molar-refractivity contribution < 1.29 is 9.90 Å². The Morgan fingerprint density at radius 2 is 2.44 bits per heavy atom. The van der Waals surface area contributed by atoms with E-state index in [1.165, 1.54) is 15.9 Å². The first-order valence-corrected chi connectivity index (χ1v) is 6.91. The maximum atomic E-state index is 11.5. The summed E-state index contributed by atoms with van der Waals surface area (Å²) in [6, 6.07) is 0. The number of aromatic nitrogens is 4. The topological polar surface area (TPSA) is 101 Å². The summed E-state index contributed by atoms with van der Waals surface area (Å²) in [6.07, 6.45) is 2.33. The van der Waals surface area contributed by atoms with E-state index in [9.17, 15) is 9.59 Å². The Morgan fingerprint density at radius 1 is 1.61 bits per heavy atom. The predicted octanol–water partition coefficient (Wildman–Crippen LogP) is 0.447. The molecule has 0 unspecified atom stereocenters. The van der Waals surface area contributed by atoms with Gasteiger partial charge in [-0.1, -0.05) is 11.8 Å². The second-order valence-electron chi connectivity index (χ2n) is 3.32. The van der Waals surface area contributed by atoms with Crippen LogP contribution < -0.4 is 5.69 Å². The summed E-state index contributed by atoms with van der Waals surface area (Å²) in [6.45, 7) is 0.435. The molecule has 0 spiro atoms. The van der Waals surface area contributed by atoms with Crippen molar-refractivity contribution in [3.8, 4) is 0 Å². The number of thioether (sulfide) groups is 1. The summed E-state index contributed by atoms with van der Waals surface area (Å²) in [5.41, 5.74) is -0.334. The number of hydrogen-bond donors (Lipinski definition) is 2. The van der Waals surface area contributed by atoms with Crippen molar-refractivity contribution in [2.24, 2.45) is 0 Å². The lowest BCUT2D eigenvalue weighted by Gasteiger charge is -2.02. The number of aromatic amines is 1. The summed E-state index contributed by atoms with van der Waals surface area (Å²) >= 11 is 2.53. The molecule has 0 saturated carbocycles. The number of nitrogens with one attached hydrogen (secondary N) is 1. The normalized spacial score (nSPS) is 10.7. The number of aryl methyl sites for hydroxylation is 1. The highest BCUT2D eigenvalue weighted by molar-refractivity contribution is 7.99. The fraction of sp³-hybridized carbons (Fsp3) is 0.333. The van der Waals surface area contributed by atoms with Crippen LogP contribution in [0.2, 0.25) is 0 Å². The molecule has 0 saturated heterocycles. The molecule has 0 fully saturated rings. The van der Waals surface area contributed by atoms with Crippen LogP contribution in [0.5, 0.6) is 0 Å². The van der Waals surface area contributed by atoms with Gasteiger partial charge in [-0.05, 0) is 0 Å². The van der Waals surface area contributed by atoms with Gasteiger partial charge >= 0.3 is 11.7 Å². The Labute approximate surface area is 110 Å². The van der Waals surface area contributed by atoms with Gasteiger partial charge in [-0.2, -0.15) is 0 Å². The summed E-state index contributed by atoms with van der Waals surface area (Å²) < 4.78 is 1.43. The molecule has 9 heteroatoms. The molecule has 2 N–H and O–H groups in total. The van der Waals surface area contributed by atoms with E-state index in [-0.39, 0.29) is 11.4 Å². The van der Waals surface area contributed by atoms with Crippen molar-refractivity contribution in [3.63, 3.8) is 0 Å². The van der Waals surface area contributed by atoms with Gasteiger partial charge in [-0.25, -0.2) is 14.9 Å². The molecular weight excluding hydrogens is 276 g/mol. The van der Waals surface area contributed by atoms with Crippen molar-refractivity contribution in [2.75, 3.05) is 5.75 Å². The molecule has 0 amide bonds. The Morgan fingerprint density at radius 3 is 3.11 bits per heavy atom. The third kappa shape index (κ3) is 3.20. The molecule has 2 heterocycles. The highest BCUT2D eigenvalue weighted by atomic mass is 32.2. The minimum Gasteiger partial charge on any atom is -0.481 e. The third-order valence-corrected chi connectivity index (χ3v) is 3.88. The summed E-state index contributed by atoms with van der Waals surface area (Å²) in [7, 11) is 0. The van der Waals surface area contributed by atoms with Crippen molar-refractivity contribution in [3.05, 3.63) is 27.1 Å². The van der Waals surface area contributed by atoms with Gasteiger partial charge < -0.3 is 5.11 Å². The molecule has 7 nitrogen and oxygen atoms in total. The van der Waals surface area contributed by atoms with Gasteiger partial charge in [0.2, 0.25) is 0 Å². The molecular formula is C9H10N4O3S2. The fourth-order valence-electron chi connectivity index (χ4n) is 1.32. The van der Waals surface area contributed by atoms with Gasteiger partial charge in [-0.15, -0.1) is 16.4 Å². The quantitative estimate of drug-likeness (QED) is 0.748. The highest BCUT2D eigenvalue weighted by Gasteiger charge is 2.11. The van der Waals surface area contributed by atoms with E-state index in [1.807, 2.05) is 5.38 Å². The van der Waals surface area contributed by atoms with Gasteiger partial charge in [-0.3, -0.25) is 9.36 Å². The molecule has 96 valence electrons. The van der Waals surface area contributed by atoms with E-state index in [0.717, 1.165) is 16.8 Å². The fourth-order valence-corrected chi connectivity index (χ4v) is 2.62. The van der Waals surface area contributed by atoms with Crippen LogP contribution in [-0.4, -0.2) is 36.6 Å². The zero-order chi connectivity index (χ0) is 13.0. The number of rotatable bonds is 6. The summed E-state index contributed by atoms with van der Waals surface area (Å²) in [4.78, 5) is 26.1. The Kier molecular flexibility index (Phi) is 4.15. The van der Waals surface area contributed by atoms with Gasteiger partial charge in [0.25, 0.3) is 0 Å². The largest absolute Gasteiger partial charge is 0.481 e. The molecule has 18 heavy (non-hydrogen) atoms. The van der Waals surface area contributed by atoms with E-state index in [2.05, 4.69) is 15.2 Å². The average molecular weight is 286 g/mol. The molecule has 0 aromatic carbocycles. The van der Waals surface area contributed by atoms with Crippen molar-refractivity contribution in [2.45, 2.75) is 18.1 Å². The second-order valence-corrected chi connectivity index (χ2v) is 5.24. The number of carboxylic acids is 1. The number of carbonyl (C=O) groups is 1. The van der Waals surface area contributed by atoms with E-state index in [0.29, 0.717) is 18.1 Å². The van der Waals surface area contributed by atoms with Crippen molar-refractivity contribution >= 4 is 29.1 Å². The Hall–Kier alpha value is -1.61. The highest BCUT2D eigenvalue weighted by Crippen LogP contribution is 2.13. The van der Waals surface area contributed by atoms with E-state index < -0.39 is 5.97 Å². The predicted molar refractivity (Wildman–Crippen MR) is 67.0 cm³/mol. The zero-order valence-corrected chi connectivity index (χ0v) is 10.8. The molecule has 0 bridgehead atoms. The number of H-pyrrole nitrogens is 1. The SMILES string of the molecule is O=C(O)CSc1n[nH]c(=O)n1CCc1nccs1. The van der Waals surface area contributed by atoms with Gasteiger partial charge in [0.15, 0.2) is 5.16 Å². The number of thiazole rings is 1. The molecule has 0 aliphatic rings. The first-order chi connectivity index (χ1) is 8.66. The monoisotopic (exact) mass is 286 g/mol. The number of aliphatic carboxylic acids is 1. The first kappa shape index (κ1) is 12.8. The molecule has 0 aliphatic heterocycles. The minimum absolute atomic E-state index is 0.123. The number of nitrogens with zero attached hydrogens (tertiary/aromatic N) is 3. The van der Waals surface area contributed by atoms with Crippen molar-refractivity contribution in [1.29, 1.82) is 0 Å². The molecule has 2 rings (SSSR count). The smallest absolute Gasteiger partial charge is 0.343 e. The standard InChI is InChI=1S/C9H10N4O3S2/c14-7(15)5-18-9-12-11-8(16)13(9)3-1-6-10-2-4-17-6/h2,4H,1,3,5H2,(H,11,16)(H,14,15). The molecule has 2 aromatic heterocycles. The number of carboxylic acid groups (broad SMARTS) is 1. The maximum Gasteiger partial charge on any atom is 0.343 e. The van der Waals surface area contributed by atoms with Crippen LogP contribution in [0.4, 0.5) is 0 Å². The second kappa shape index (κ2) is 5.83. The van der Waals surface area contributed by atoms with Crippen LogP contribution in [0.25, 0.3) is 0 Å². The van der Waals surface area contributed by atoms with Crippen LogP contribution in [0.15, 0.2) is 21.5 Å². The Balaban J connectivity index is 2.04. The van der Waals surface area contributed by atoms with Gasteiger partial charge in [0.1, 0.15) is 0 Å². The first-order valence-electron chi connectivity index (χ1n) is 5.05. The van der Waals surface area contributed by atoms with Crippen LogP contribution >= 0.6 is 23.1 Å². The Bertz CT molecular complexity index is 575. The minimum atomic E-state index is -0.943. The molecule has 2 aromatic rings. The third-order valence-electron chi connectivity index (χ3n) is 2.08. The summed E-state index contributed by atoms with van der Waals surface area (Å²) in [5.74, 6) is -1.07.